The van der Waals surface area contributed by atoms with Crippen molar-refractivity contribution in [1.29, 1.82) is 0 Å². The molecule has 1 amide bonds. The molecule has 2 aromatic rings. The van der Waals surface area contributed by atoms with E-state index in [0.717, 1.165) is 11.4 Å². The van der Waals surface area contributed by atoms with E-state index in [1.807, 2.05) is 19.9 Å². The lowest BCUT2D eigenvalue weighted by Crippen LogP contribution is -2.18. The fourth-order valence-electron chi connectivity index (χ4n) is 2.03. The maximum absolute atomic E-state index is 11.6. The normalized spacial score (nSPS) is 11.4. The lowest BCUT2D eigenvalue weighted by molar-refractivity contribution is -0.118. The number of nitrogens with one attached hydrogen (secondary N) is 2. The number of hydrogen-bond acceptors (Lipinski definition) is 3. The fraction of sp³-hybridized carbons (Fsp3) is 0.368. The topological polar surface area (TPSA) is 54.0 Å². The Kier molecular flexibility index (Phi) is 5.04. The van der Waals surface area contributed by atoms with Crippen LogP contribution in [0.2, 0.25) is 0 Å². The van der Waals surface area contributed by atoms with Gasteiger partial charge in [-0.2, -0.15) is 0 Å². The van der Waals surface area contributed by atoms with Crippen molar-refractivity contribution in [3.05, 3.63) is 48.2 Å². The molecule has 0 aliphatic heterocycles. The van der Waals surface area contributed by atoms with Gasteiger partial charge in [0.1, 0.15) is 5.82 Å². The van der Waals surface area contributed by atoms with Crippen LogP contribution in [0.15, 0.2) is 42.6 Å². The molecular weight excluding hydrogens is 286 g/mol. The second kappa shape index (κ2) is 6.82. The molecule has 4 nitrogen and oxygen atoms in total. The molecule has 0 fully saturated rings. The van der Waals surface area contributed by atoms with E-state index in [-0.39, 0.29) is 17.2 Å². The number of amides is 1. The van der Waals surface area contributed by atoms with Crippen molar-refractivity contribution in [2.45, 2.75) is 40.0 Å². The quantitative estimate of drug-likeness (QED) is 0.859. The molecule has 0 saturated carbocycles. The Morgan fingerprint density at radius 2 is 1.61 bits per heavy atom. The molecule has 0 spiro atoms. The first-order valence-electron chi connectivity index (χ1n) is 7.90. The van der Waals surface area contributed by atoms with Crippen LogP contribution in [0.25, 0.3) is 0 Å². The van der Waals surface area contributed by atoms with Crippen LogP contribution in [-0.2, 0) is 10.2 Å². The van der Waals surface area contributed by atoms with Crippen molar-refractivity contribution in [3.63, 3.8) is 0 Å². The zero-order valence-electron chi connectivity index (χ0n) is 14.5. The summed E-state index contributed by atoms with van der Waals surface area (Å²) in [6.45, 7) is 10.3. The van der Waals surface area contributed by atoms with Gasteiger partial charge in [0.05, 0.1) is 11.9 Å². The number of rotatable bonds is 4. The number of benzene rings is 1. The first-order valence-corrected chi connectivity index (χ1v) is 7.90. The summed E-state index contributed by atoms with van der Waals surface area (Å²) in [4.78, 5) is 15.9. The van der Waals surface area contributed by atoms with E-state index in [0.29, 0.717) is 5.82 Å². The average molecular weight is 311 g/mol. The number of carbonyl (C=O) groups is 1. The van der Waals surface area contributed by atoms with E-state index in [2.05, 4.69) is 60.7 Å². The number of nitrogens with zero attached hydrogens (tertiary/aromatic N) is 1. The predicted molar refractivity (Wildman–Crippen MR) is 96.1 cm³/mol. The first-order chi connectivity index (χ1) is 10.8. The van der Waals surface area contributed by atoms with E-state index in [9.17, 15) is 4.79 Å². The number of hydrogen-bond donors (Lipinski definition) is 2. The van der Waals surface area contributed by atoms with E-state index < -0.39 is 0 Å². The summed E-state index contributed by atoms with van der Waals surface area (Å²) >= 11 is 0. The molecule has 1 aromatic carbocycles. The van der Waals surface area contributed by atoms with E-state index >= 15 is 0 Å². The Morgan fingerprint density at radius 1 is 1.00 bits per heavy atom. The molecule has 4 heteroatoms. The van der Waals surface area contributed by atoms with Crippen LogP contribution in [0.5, 0.6) is 0 Å². The average Bonchev–Trinajstić information content (AvgIpc) is 2.49. The molecular formula is C19H25N3O. The summed E-state index contributed by atoms with van der Waals surface area (Å²) < 4.78 is 0. The Labute approximate surface area is 138 Å². The highest BCUT2D eigenvalue weighted by Crippen LogP contribution is 2.25. The largest absolute Gasteiger partial charge is 0.354 e. The Balaban J connectivity index is 2.02. The number of aromatic nitrogens is 1. The molecule has 23 heavy (non-hydrogen) atoms. The lowest BCUT2D eigenvalue weighted by atomic mass is 9.87. The van der Waals surface area contributed by atoms with Gasteiger partial charge in [0.25, 0.3) is 0 Å². The third-order valence-electron chi connectivity index (χ3n) is 3.58. The Hall–Kier alpha value is -2.36. The van der Waals surface area contributed by atoms with Crippen molar-refractivity contribution in [3.8, 4) is 0 Å². The monoisotopic (exact) mass is 311 g/mol. The highest BCUT2D eigenvalue weighted by atomic mass is 16.1. The van der Waals surface area contributed by atoms with Crippen molar-refractivity contribution in [2.75, 3.05) is 10.6 Å². The SMILES string of the molecule is CC(C)C(=O)Nc1ccc(Nc2ccc(C(C)(C)C)cc2)cn1. The van der Waals surface area contributed by atoms with E-state index in [1.165, 1.54) is 5.56 Å². The van der Waals surface area contributed by atoms with Crippen LogP contribution in [0, 0.1) is 5.92 Å². The zero-order chi connectivity index (χ0) is 17.0. The molecule has 1 heterocycles. The molecule has 1 aromatic heterocycles. The maximum Gasteiger partial charge on any atom is 0.228 e. The minimum Gasteiger partial charge on any atom is -0.354 e. The molecule has 0 radical (unpaired) electrons. The second-order valence-electron chi connectivity index (χ2n) is 7.03. The second-order valence-corrected chi connectivity index (χ2v) is 7.03. The van der Waals surface area contributed by atoms with Gasteiger partial charge in [-0.25, -0.2) is 4.98 Å². The van der Waals surface area contributed by atoms with Gasteiger partial charge in [-0.15, -0.1) is 0 Å². The lowest BCUT2D eigenvalue weighted by Gasteiger charge is -2.19. The predicted octanol–water partition coefficient (Wildman–Crippen LogP) is 4.72. The van der Waals surface area contributed by atoms with Gasteiger partial charge in [-0.3, -0.25) is 4.79 Å². The smallest absolute Gasteiger partial charge is 0.228 e. The van der Waals surface area contributed by atoms with Gasteiger partial charge in [0.2, 0.25) is 5.91 Å². The van der Waals surface area contributed by atoms with Crippen LogP contribution >= 0.6 is 0 Å². The molecule has 2 N–H and O–H groups in total. The van der Waals surface area contributed by atoms with Crippen LogP contribution in [0.1, 0.15) is 40.2 Å². The van der Waals surface area contributed by atoms with Gasteiger partial charge in [0.15, 0.2) is 0 Å². The molecule has 122 valence electrons. The Bertz CT molecular complexity index is 653. The summed E-state index contributed by atoms with van der Waals surface area (Å²) in [5.74, 6) is 0.476. The Morgan fingerprint density at radius 3 is 2.09 bits per heavy atom. The third kappa shape index (κ3) is 4.81. The van der Waals surface area contributed by atoms with Crippen molar-refractivity contribution < 1.29 is 4.79 Å². The highest BCUT2D eigenvalue weighted by Gasteiger charge is 2.12. The van der Waals surface area contributed by atoms with Gasteiger partial charge in [-0.1, -0.05) is 46.8 Å². The van der Waals surface area contributed by atoms with Crippen LogP contribution < -0.4 is 10.6 Å². The minimum absolute atomic E-state index is 0.0315. The zero-order valence-corrected chi connectivity index (χ0v) is 14.5. The van der Waals surface area contributed by atoms with Crippen molar-refractivity contribution in [1.82, 2.24) is 4.98 Å². The van der Waals surface area contributed by atoms with Crippen LogP contribution in [-0.4, -0.2) is 10.9 Å². The number of carbonyl (C=O) groups excluding carboxylic acids is 1. The van der Waals surface area contributed by atoms with Crippen molar-refractivity contribution in [2.24, 2.45) is 5.92 Å². The molecule has 0 atom stereocenters. The molecule has 0 aliphatic rings. The van der Waals surface area contributed by atoms with Crippen LogP contribution in [0.4, 0.5) is 17.2 Å². The number of pyridine rings is 1. The van der Waals surface area contributed by atoms with Gasteiger partial charge < -0.3 is 10.6 Å². The maximum atomic E-state index is 11.6. The molecule has 0 unspecified atom stereocenters. The third-order valence-corrected chi connectivity index (χ3v) is 3.58. The summed E-state index contributed by atoms with van der Waals surface area (Å²) in [7, 11) is 0. The highest BCUT2D eigenvalue weighted by molar-refractivity contribution is 5.91. The van der Waals surface area contributed by atoms with Crippen LogP contribution in [0.3, 0.4) is 0 Å². The fourth-order valence-corrected chi connectivity index (χ4v) is 2.03. The summed E-state index contributed by atoms with van der Waals surface area (Å²) in [6, 6.07) is 12.1. The minimum atomic E-state index is -0.0593. The molecule has 0 saturated heterocycles. The van der Waals surface area contributed by atoms with E-state index in [1.54, 1.807) is 12.3 Å². The molecule has 2 rings (SSSR count). The summed E-state index contributed by atoms with van der Waals surface area (Å²) in [5.41, 5.74) is 3.35. The van der Waals surface area contributed by atoms with Gasteiger partial charge in [-0.05, 0) is 35.2 Å². The first kappa shape index (κ1) is 17.0. The summed E-state index contributed by atoms with van der Waals surface area (Å²) in [5, 5.41) is 6.09. The summed E-state index contributed by atoms with van der Waals surface area (Å²) in [6.07, 6.45) is 1.72. The number of anilines is 3. The standard InChI is InChI=1S/C19H25N3O/c1-13(2)18(23)22-17-11-10-16(12-20-17)21-15-8-6-14(7-9-15)19(3,4)5/h6-13,21H,1-5H3,(H,20,22,23). The van der Waals surface area contributed by atoms with E-state index in [4.69, 9.17) is 0 Å². The molecule has 0 bridgehead atoms. The van der Waals surface area contributed by atoms with Gasteiger partial charge >= 0.3 is 0 Å². The molecule has 0 aliphatic carbocycles. The van der Waals surface area contributed by atoms with Gasteiger partial charge in [0, 0.05) is 11.6 Å². The van der Waals surface area contributed by atoms with Crippen molar-refractivity contribution >= 4 is 23.1 Å².